The Hall–Kier alpha value is -4.30. The first-order valence-electron chi connectivity index (χ1n) is 11.0. The number of rotatable bonds is 0. The largest absolute Gasteiger partial charge is 0.455 e. The van der Waals surface area contributed by atoms with Crippen LogP contribution in [0, 0.1) is 0 Å². The molecule has 8 rings (SSSR count). The van der Waals surface area contributed by atoms with E-state index in [0.29, 0.717) is 0 Å². The van der Waals surface area contributed by atoms with Gasteiger partial charge in [-0.1, -0.05) is 84.9 Å². The molecule has 1 N–H and O–H groups in total. The molecule has 0 spiro atoms. The van der Waals surface area contributed by atoms with Gasteiger partial charge in [0.05, 0.1) is 5.52 Å². The van der Waals surface area contributed by atoms with Gasteiger partial charge in [0.25, 0.3) is 0 Å². The molecule has 2 aromatic heterocycles. The van der Waals surface area contributed by atoms with E-state index in [9.17, 15) is 0 Å². The van der Waals surface area contributed by atoms with Crippen LogP contribution in [0.15, 0.2) is 101 Å². The van der Waals surface area contributed by atoms with Crippen LogP contribution in [0.5, 0.6) is 0 Å². The zero-order valence-corrected chi connectivity index (χ0v) is 17.1. The second-order valence-corrected chi connectivity index (χ2v) is 8.56. The zero-order valence-electron chi connectivity index (χ0n) is 17.1. The molecule has 0 bridgehead atoms. The molecular formula is C30H17NO. The zero-order chi connectivity index (χ0) is 20.8. The van der Waals surface area contributed by atoms with Gasteiger partial charge < -0.3 is 9.40 Å². The Balaban J connectivity index is 1.86. The summed E-state index contributed by atoms with van der Waals surface area (Å²) in [4.78, 5) is 3.72. The van der Waals surface area contributed by atoms with Gasteiger partial charge >= 0.3 is 0 Å². The lowest BCUT2D eigenvalue weighted by Crippen LogP contribution is -1.85. The predicted octanol–water partition coefficient (Wildman–Crippen LogP) is 8.68. The molecule has 2 heterocycles. The molecule has 6 aromatic carbocycles. The number of nitrogens with one attached hydrogen (secondary N) is 1. The first kappa shape index (κ1) is 16.4. The number of aromatic nitrogens is 1. The SMILES string of the molecule is c1ccc2c(c1)[nH]c1c3ccccc3c3c4oc5ccccc5c4c4ccccc4c3c21. The molecule has 8 aromatic rings. The number of hydrogen-bond donors (Lipinski definition) is 1. The van der Waals surface area contributed by atoms with Gasteiger partial charge in [-0.2, -0.15) is 0 Å². The van der Waals surface area contributed by atoms with Crippen molar-refractivity contribution in [2.75, 3.05) is 0 Å². The highest BCUT2D eigenvalue weighted by Crippen LogP contribution is 2.47. The van der Waals surface area contributed by atoms with Gasteiger partial charge in [0.1, 0.15) is 11.2 Å². The molecule has 0 atom stereocenters. The van der Waals surface area contributed by atoms with Crippen LogP contribution in [-0.2, 0) is 0 Å². The molecule has 0 radical (unpaired) electrons. The number of H-pyrrole nitrogens is 1. The highest BCUT2D eigenvalue weighted by atomic mass is 16.3. The smallest absolute Gasteiger partial charge is 0.144 e. The maximum Gasteiger partial charge on any atom is 0.144 e. The first-order chi connectivity index (χ1) is 15.9. The van der Waals surface area contributed by atoms with E-state index in [1.807, 2.05) is 6.07 Å². The summed E-state index contributed by atoms with van der Waals surface area (Å²) in [6.45, 7) is 0. The highest BCUT2D eigenvalue weighted by Gasteiger charge is 2.21. The molecule has 0 aliphatic rings. The topological polar surface area (TPSA) is 28.9 Å². The van der Waals surface area contributed by atoms with Gasteiger partial charge in [0, 0.05) is 43.2 Å². The Labute approximate surface area is 182 Å². The van der Waals surface area contributed by atoms with Gasteiger partial charge in [0.2, 0.25) is 0 Å². The highest BCUT2D eigenvalue weighted by molar-refractivity contribution is 6.43. The third-order valence-electron chi connectivity index (χ3n) is 6.96. The molecule has 0 aliphatic carbocycles. The van der Waals surface area contributed by atoms with Crippen molar-refractivity contribution < 1.29 is 4.42 Å². The minimum absolute atomic E-state index is 0.934. The number of aromatic amines is 1. The summed E-state index contributed by atoms with van der Waals surface area (Å²) in [5, 5.41) is 12.3. The van der Waals surface area contributed by atoms with Crippen molar-refractivity contribution in [1.82, 2.24) is 4.98 Å². The van der Waals surface area contributed by atoms with Crippen LogP contribution in [0.1, 0.15) is 0 Å². The molecule has 0 aliphatic heterocycles. The normalized spacial score (nSPS) is 12.4. The van der Waals surface area contributed by atoms with Crippen molar-refractivity contribution in [3.8, 4) is 0 Å². The lowest BCUT2D eigenvalue weighted by atomic mass is 9.90. The van der Waals surface area contributed by atoms with E-state index in [4.69, 9.17) is 4.42 Å². The van der Waals surface area contributed by atoms with Crippen molar-refractivity contribution in [2.24, 2.45) is 0 Å². The van der Waals surface area contributed by atoms with Crippen LogP contribution in [0.3, 0.4) is 0 Å². The molecule has 2 heteroatoms. The van der Waals surface area contributed by atoms with Crippen molar-refractivity contribution in [1.29, 1.82) is 0 Å². The molecule has 32 heavy (non-hydrogen) atoms. The molecule has 148 valence electrons. The van der Waals surface area contributed by atoms with Gasteiger partial charge in [-0.25, -0.2) is 0 Å². The Bertz CT molecular complexity index is 2040. The van der Waals surface area contributed by atoms with Crippen LogP contribution < -0.4 is 0 Å². The van der Waals surface area contributed by atoms with Crippen molar-refractivity contribution in [2.45, 2.75) is 0 Å². The average Bonchev–Trinajstić information content (AvgIpc) is 3.43. The second-order valence-electron chi connectivity index (χ2n) is 8.56. The number of para-hydroxylation sites is 2. The fourth-order valence-electron chi connectivity index (χ4n) is 5.70. The first-order valence-corrected chi connectivity index (χ1v) is 11.0. The molecule has 2 nitrogen and oxygen atoms in total. The molecule has 0 amide bonds. The predicted molar refractivity (Wildman–Crippen MR) is 136 cm³/mol. The van der Waals surface area contributed by atoms with E-state index in [2.05, 4.69) is 96.0 Å². The number of hydrogen-bond acceptors (Lipinski definition) is 1. The molecule has 0 unspecified atom stereocenters. The van der Waals surface area contributed by atoms with Crippen LogP contribution in [-0.4, -0.2) is 4.98 Å². The second kappa shape index (κ2) is 5.68. The van der Waals surface area contributed by atoms with Crippen LogP contribution in [0.2, 0.25) is 0 Å². The van der Waals surface area contributed by atoms with Crippen LogP contribution in [0.4, 0.5) is 0 Å². The quantitative estimate of drug-likeness (QED) is 0.250. The number of fused-ring (bicyclic) bond motifs is 15. The van der Waals surface area contributed by atoms with E-state index in [1.54, 1.807) is 0 Å². The summed E-state index contributed by atoms with van der Waals surface area (Å²) >= 11 is 0. The molecule has 0 saturated carbocycles. The van der Waals surface area contributed by atoms with Gasteiger partial charge in [0.15, 0.2) is 0 Å². The molecule has 0 fully saturated rings. The Morgan fingerprint density at radius 1 is 0.438 bits per heavy atom. The minimum atomic E-state index is 0.934. The molecular weight excluding hydrogens is 390 g/mol. The number of benzene rings is 6. The van der Waals surface area contributed by atoms with Crippen LogP contribution in [0.25, 0.3) is 76.1 Å². The maximum absolute atomic E-state index is 6.61. The van der Waals surface area contributed by atoms with Gasteiger partial charge in [-0.15, -0.1) is 0 Å². The van der Waals surface area contributed by atoms with E-state index < -0.39 is 0 Å². The average molecular weight is 407 g/mol. The summed E-state index contributed by atoms with van der Waals surface area (Å²) in [5.41, 5.74) is 4.26. The third-order valence-corrected chi connectivity index (χ3v) is 6.96. The van der Waals surface area contributed by atoms with Crippen molar-refractivity contribution in [3.63, 3.8) is 0 Å². The van der Waals surface area contributed by atoms with Gasteiger partial charge in [-0.3, -0.25) is 0 Å². The number of furan rings is 1. The fraction of sp³-hybridized carbons (Fsp3) is 0. The van der Waals surface area contributed by atoms with E-state index >= 15 is 0 Å². The summed E-state index contributed by atoms with van der Waals surface area (Å²) in [7, 11) is 0. The third kappa shape index (κ3) is 1.86. The minimum Gasteiger partial charge on any atom is -0.455 e. The monoisotopic (exact) mass is 407 g/mol. The van der Waals surface area contributed by atoms with Gasteiger partial charge in [-0.05, 0) is 28.3 Å². The summed E-state index contributed by atoms with van der Waals surface area (Å²) < 4.78 is 6.61. The fourth-order valence-corrected chi connectivity index (χ4v) is 5.70. The lowest BCUT2D eigenvalue weighted by Gasteiger charge is -2.12. The maximum atomic E-state index is 6.61. The summed E-state index contributed by atoms with van der Waals surface area (Å²) in [6, 6.07) is 34.4. The Kier molecular flexibility index (Phi) is 2.91. The molecule has 0 saturated heterocycles. The standard InChI is InChI=1S/C30H17NO/c1-2-10-18-17(9-1)25-22-14-6-8-16-24(22)32-30(25)28-19-11-3-4-12-20(19)29-27(26(18)28)21-13-5-7-15-23(21)31-29/h1-16,31H. The van der Waals surface area contributed by atoms with Crippen molar-refractivity contribution >= 4 is 76.1 Å². The van der Waals surface area contributed by atoms with E-state index in [1.165, 1.54) is 59.4 Å². The van der Waals surface area contributed by atoms with E-state index in [0.717, 1.165) is 16.7 Å². The van der Waals surface area contributed by atoms with E-state index in [-0.39, 0.29) is 0 Å². The lowest BCUT2D eigenvalue weighted by molar-refractivity contribution is 0.673. The Morgan fingerprint density at radius 3 is 1.78 bits per heavy atom. The Morgan fingerprint density at radius 2 is 1.00 bits per heavy atom. The summed E-state index contributed by atoms with van der Waals surface area (Å²) in [6.07, 6.45) is 0. The van der Waals surface area contributed by atoms with Crippen LogP contribution >= 0.6 is 0 Å². The van der Waals surface area contributed by atoms with Crippen molar-refractivity contribution in [3.05, 3.63) is 97.1 Å². The summed E-state index contributed by atoms with van der Waals surface area (Å²) in [5.74, 6) is 0.